The molecule has 2 nitrogen and oxygen atoms in total. The van der Waals surface area contributed by atoms with Crippen LogP contribution in [0.25, 0.3) is 0 Å². The van der Waals surface area contributed by atoms with E-state index < -0.39 is 0 Å². The van der Waals surface area contributed by atoms with Gasteiger partial charge in [0, 0.05) is 17.0 Å². The molecule has 0 amide bonds. The first-order valence-electron chi connectivity index (χ1n) is 6.02. The first kappa shape index (κ1) is 11.8. The van der Waals surface area contributed by atoms with Crippen molar-refractivity contribution in [3.8, 4) is 0 Å². The van der Waals surface area contributed by atoms with Crippen molar-refractivity contribution in [1.82, 2.24) is 9.97 Å². The zero-order valence-corrected chi connectivity index (χ0v) is 11.0. The predicted octanol–water partition coefficient (Wildman–Crippen LogP) is 4.09. The SMILES string of the molecule is CC(C)(C)c1cc(C2CCCC2)nc(Cl)n1. The zero-order chi connectivity index (χ0) is 11.8. The maximum Gasteiger partial charge on any atom is 0.222 e. The summed E-state index contributed by atoms with van der Waals surface area (Å²) < 4.78 is 0. The summed E-state index contributed by atoms with van der Waals surface area (Å²) in [7, 11) is 0. The Morgan fingerprint density at radius 1 is 1.19 bits per heavy atom. The van der Waals surface area contributed by atoms with E-state index in [-0.39, 0.29) is 5.41 Å². The van der Waals surface area contributed by atoms with E-state index in [1.54, 1.807) is 0 Å². The summed E-state index contributed by atoms with van der Waals surface area (Å²) in [5.41, 5.74) is 2.23. The third-order valence-electron chi connectivity index (χ3n) is 3.26. The number of hydrogen-bond acceptors (Lipinski definition) is 2. The van der Waals surface area contributed by atoms with Gasteiger partial charge in [-0.1, -0.05) is 33.6 Å². The summed E-state index contributed by atoms with van der Waals surface area (Å²) in [6, 6.07) is 2.14. The molecule has 88 valence electrons. The van der Waals surface area contributed by atoms with E-state index in [0.29, 0.717) is 11.2 Å². The Kier molecular flexibility index (Phi) is 3.20. The van der Waals surface area contributed by atoms with Gasteiger partial charge in [0.2, 0.25) is 5.28 Å². The maximum absolute atomic E-state index is 6.01. The van der Waals surface area contributed by atoms with Crippen molar-refractivity contribution in [3.63, 3.8) is 0 Å². The summed E-state index contributed by atoms with van der Waals surface area (Å²) in [5, 5.41) is 0.398. The number of rotatable bonds is 1. The molecule has 1 heterocycles. The molecule has 0 radical (unpaired) electrons. The molecule has 1 aliphatic rings. The summed E-state index contributed by atoms with van der Waals surface area (Å²) in [6.07, 6.45) is 5.13. The van der Waals surface area contributed by atoms with Crippen LogP contribution in [0.2, 0.25) is 5.28 Å². The normalized spacial score (nSPS) is 18.0. The van der Waals surface area contributed by atoms with Gasteiger partial charge in [-0.15, -0.1) is 0 Å². The molecule has 2 rings (SSSR count). The van der Waals surface area contributed by atoms with Crippen molar-refractivity contribution in [1.29, 1.82) is 0 Å². The molecule has 0 aromatic carbocycles. The molecule has 1 aromatic heterocycles. The van der Waals surface area contributed by atoms with E-state index in [1.807, 2.05) is 0 Å². The molecule has 0 N–H and O–H groups in total. The number of nitrogens with zero attached hydrogens (tertiary/aromatic N) is 2. The van der Waals surface area contributed by atoms with Crippen LogP contribution in [-0.4, -0.2) is 9.97 Å². The van der Waals surface area contributed by atoms with Crippen molar-refractivity contribution in [3.05, 3.63) is 22.7 Å². The molecule has 1 aliphatic carbocycles. The monoisotopic (exact) mass is 238 g/mol. The average molecular weight is 239 g/mol. The van der Waals surface area contributed by atoms with E-state index in [0.717, 1.165) is 11.4 Å². The van der Waals surface area contributed by atoms with Crippen molar-refractivity contribution < 1.29 is 0 Å². The summed E-state index contributed by atoms with van der Waals surface area (Å²) >= 11 is 6.01. The topological polar surface area (TPSA) is 25.8 Å². The standard InChI is InChI=1S/C13H19ClN2/c1-13(2,3)11-8-10(15-12(14)16-11)9-6-4-5-7-9/h8-9H,4-7H2,1-3H3. The lowest BCUT2D eigenvalue weighted by Gasteiger charge is -2.19. The Balaban J connectivity index is 2.35. The quantitative estimate of drug-likeness (QED) is 0.689. The molecule has 0 aliphatic heterocycles. The minimum Gasteiger partial charge on any atom is -0.223 e. The number of aromatic nitrogens is 2. The minimum absolute atomic E-state index is 0.0416. The van der Waals surface area contributed by atoms with Crippen LogP contribution in [0.1, 0.15) is 63.8 Å². The maximum atomic E-state index is 6.01. The second-order valence-corrected chi connectivity index (χ2v) is 6.02. The fourth-order valence-electron chi connectivity index (χ4n) is 2.25. The second-order valence-electron chi connectivity index (χ2n) is 5.68. The summed E-state index contributed by atoms with van der Waals surface area (Å²) in [4.78, 5) is 8.71. The van der Waals surface area contributed by atoms with Crippen LogP contribution in [0.4, 0.5) is 0 Å². The fourth-order valence-corrected chi connectivity index (χ4v) is 2.44. The molecule has 0 saturated heterocycles. The molecule has 0 spiro atoms. The van der Waals surface area contributed by atoms with Gasteiger partial charge in [0.05, 0.1) is 5.69 Å². The third-order valence-corrected chi connectivity index (χ3v) is 3.43. The highest BCUT2D eigenvalue weighted by molar-refractivity contribution is 6.28. The van der Waals surface area contributed by atoms with Crippen LogP contribution in [0.5, 0.6) is 0 Å². The van der Waals surface area contributed by atoms with Crippen molar-refractivity contribution in [2.24, 2.45) is 0 Å². The second kappa shape index (κ2) is 4.33. The fraction of sp³-hybridized carbons (Fsp3) is 0.692. The first-order chi connectivity index (χ1) is 7.47. The molecule has 0 bridgehead atoms. The van der Waals surface area contributed by atoms with Crippen LogP contribution in [0.3, 0.4) is 0 Å². The Morgan fingerprint density at radius 3 is 2.38 bits per heavy atom. The van der Waals surface area contributed by atoms with E-state index in [2.05, 4.69) is 36.8 Å². The van der Waals surface area contributed by atoms with Gasteiger partial charge >= 0.3 is 0 Å². The van der Waals surface area contributed by atoms with Crippen molar-refractivity contribution in [2.45, 2.75) is 57.8 Å². The molecular formula is C13H19ClN2. The van der Waals surface area contributed by atoms with Crippen LogP contribution in [0, 0.1) is 0 Å². The molecular weight excluding hydrogens is 220 g/mol. The highest BCUT2D eigenvalue weighted by atomic mass is 35.5. The van der Waals surface area contributed by atoms with E-state index in [1.165, 1.54) is 25.7 Å². The van der Waals surface area contributed by atoms with Crippen LogP contribution < -0.4 is 0 Å². The van der Waals surface area contributed by atoms with Gasteiger partial charge in [0.25, 0.3) is 0 Å². The highest BCUT2D eigenvalue weighted by Crippen LogP contribution is 2.34. The molecule has 0 atom stereocenters. The molecule has 3 heteroatoms. The molecule has 1 saturated carbocycles. The lowest BCUT2D eigenvalue weighted by atomic mass is 9.90. The largest absolute Gasteiger partial charge is 0.223 e. The van der Waals surface area contributed by atoms with Crippen molar-refractivity contribution in [2.75, 3.05) is 0 Å². The summed E-state index contributed by atoms with van der Waals surface area (Å²) in [6.45, 7) is 6.47. The van der Waals surface area contributed by atoms with Crippen molar-refractivity contribution >= 4 is 11.6 Å². The van der Waals surface area contributed by atoms with E-state index in [4.69, 9.17) is 11.6 Å². The summed E-state index contributed by atoms with van der Waals surface area (Å²) in [5.74, 6) is 0.599. The Morgan fingerprint density at radius 2 is 1.81 bits per heavy atom. The number of halogens is 1. The van der Waals surface area contributed by atoms with E-state index in [9.17, 15) is 0 Å². The van der Waals surface area contributed by atoms with Gasteiger partial charge in [-0.2, -0.15) is 0 Å². The molecule has 16 heavy (non-hydrogen) atoms. The molecule has 1 aromatic rings. The molecule has 1 fully saturated rings. The number of hydrogen-bond donors (Lipinski definition) is 0. The highest BCUT2D eigenvalue weighted by Gasteiger charge is 2.23. The first-order valence-corrected chi connectivity index (χ1v) is 6.39. The zero-order valence-electron chi connectivity index (χ0n) is 10.3. The van der Waals surface area contributed by atoms with Gasteiger partial charge in [0.15, 0.2) is 0 Å². The Hall–Kier alpha value is -0.630. The Bertz CT molecular complexity index is 376. The van der Waals surface area contributed by atoms with Gasteiger partial charge in [-0.3, -0.25) is 0 Å². The third kappa shape index (κ3) is 2.54. The predicted molar refractivity (Wildman–Crippen MR) is 67.0 cm³/mol. The Labute approximate surface area is 102 Å². The van der Waals surface area contributed by atoms with Gasteiger partial charge in [-0.05, 0) is 30.5 Å². The lowest BCUT2D eigenvalue weighted by molar-refractivity contribution is 0.561. The van der Waals surface area contributed by atoms with Gasteiger partial charge < -0.3 is 0 Å². The van der Waals surface area contributed by atoms with Crippen LogP contribution in [-0.2, 0) is 5.41 Å². The molecule has 0 unspecified atom stereocenters. The van der Waals surface area contributed by atoms with Crippen LogP contribution in [0.15, 0.2) is 6.07 Å². The average Bonchev–Trinajstić information content (AvgIpc) is 2.68. The van der Waals surface area contributed by atoms with Gasteiger partial charge in [-0.25, -0.2) is 9.97 Å². The van der Waals surface area contributed by atoms with Crippen LogP contribution >= 0.6 is 11.6 Å². The van der Waals surface area contributed by atoms with Gasteiger partial charge in [0.1, 0.15) is 0 Å². The minimum atomic E-state index is 0.0416. The van der Waals surface area contributed by atoms with E-state index >= 15 is 0 Å². The smallest absolute Gasteiger partial charge is 0.222 e. The lowest BCUT2D eigenvalue weighted by Crippen LogP contribution is -2.15.